The van der Waals surface area contributed by atoms with E-state index in [2.05, 4.69) is 27.0 Å². The summed E-state index contributed by atoms with van der Waals surface area (Å²) in [5.41, 5.74) is 2.81. The van der Waals surface area contributed by atoms with Crippen LogP contribution in [-0.4, -0.2) is 23.1 Å². The number of benzene rings is 2. The molecule has 22 heavy (non-hydrogen) atoms. The molecular weight excluding hydrogens is 274 g/mol. The van der Waals surface area contributed by atoms with E-state index in [0.29, 0.717) is 11.2 Å². The molecule has 0 amide bonds. The van der Waals surface area contributed by atoms with E-state index in [0.717, 1.165) is 24.2 Å². The Morgan fingerprint density at radius 1 is 0.955 bits per heavy atom. The third-order valence-corrected chi connectivity index (χ3v) is 4.22. The Morgan fingerprint density at radius 2 is 1.68 bits per heavy atom. The highest BCUT2D eigenvalue weighted by Crippen LogP contribution is 2.23. The first-order chi connectivity index (χ1) is 10.8. The van der Waals surface area contributed by atoms with Gasteiger partial charge in [0.1, 0.15) is 5.82 Å². The predicted octanol–water partition coefficient (Wildman–Crippen LogP) is 3.19. The van der Waals surface area contributed by atoms with Gasteiger partial charge in [0.2, 0.25) is 0 Å². The minimum atomic E-state index is -0.0933. The summed E-state index contributed by atoms with van der Waals surface area (Å²) >= 11 is 0. The van der Waals surface area contributed by atoms with Crippen LogP contribution in [0.2, 0.25) is 0 Å². The molecule has 0 saturated carbocycles. The van der Waals surface area contributed by atoms with Crippen LogP contribution in [0.15, 0.2) is 53.3 Å². The van der Waals surface area contributed by atoms with Gasteiger partial charge in [-0.15, -0.1) is 0 Å². The normalized spacial score (nSPS) is 14.6. The fourth-order valence-electron chi connectivity index (χ4n) is 3.03. The minimum Gasteiger partial charge on any atom is -0.372 e. The predicted molar refractivity (Wildman–Crippen MR) is 89.2 cm³/mol. The SMILES string of the molecule is O=c1[nH]c(-c2ccc(N3CCCC3)cc2)nc2ccccc12. The van der Waals surface area contributed by atoms with Crippen LogP contribution in [0.1, 0.15) is 12.8 Å². The van der Waals surface area contributed by atoms with Crippen LogP contribution >= 0.6 is 0 Å². The van der Waals surface area contributed by atoms with E-state index >= 15 is 0 Å². The van der Waals surface area contributed by atoms with Gasteiger partial charge in [0.05, 0.1) is 10.9 Å². The smallest absolute Gasteiger partial charge is 0.259 e. The summed E-state index contributed by atoms with van der Waals surface area (Å²) in [4.78, 5) is 22.0. The summed E-state index contributed by atoms with van der Waals surface area (Å²) in [6.45, 7) is 2.26. The lowest BCUT2D eigenvalue weighted by Crippen LogP contribution is -2.17. The van der Waals surface area contributed by atoms with Gasteiger partial charge in [-0.25, -0.2) is 4.98 Å². The number of hydrogen-bond acceptors (Lipinski definition) is 3. The van der Waals surface area contributed by atoms with Gasteiger partial charge in [-0.1, -0.05) is 12.1 Å². The topological polar surface area (TPSA) is 49.0 Å². The molecule has 1 aliphatic heterocycles. The number of fused-ring (bicyclic) bond motifs is 1. The van der Waals surface area contributed by atoms with Crippen molar-refractivity contribution in [3.05, 3.63) is 58.9 Å². The van der Waals surface area contributed by atoms with Gasteiger partial charge in [0.15, 0.2) is 0 Å². The highest BCUT2D eigenvalue weighted by Gasteiger charge is 2.12. The molecule has 0 spiro atoms. The number of hydrogen-bond donors (Lipinski definition) is 1. The van der Waals surface area contributed by atoms with Crippen molar-refractivity contribution in [2.75, 3.05) is 18.0 Å². The number of nitrogens with zero attached hydrogens (tertiary/aromatic N) is 2. The van der Waals surface area contributed by atoms with Crippen LogP contribution in [0, 0.1) is 0 Å². The average Bonchev–Trinajstić information content (AvgIpc) is 3.09. The molecule has 0 radical (unpaired) electrons. The van der Waals surface area contributed by atoms with Crippen molar-refractivity contribution >= 4 is 16.6 Å². The molecule has 0 aliphatic carbocycles. The standard InChI is InChI=1S/C18H17N3O/c22-18-15-5-1-2-6-16(15)19-17(20-18)13-7-9-14(10-8-13)21-11-3-4-12-21/h1-2,5-10H,3-4,11-12H2,(H,19,20,22). The monoisotopic (exact) mass is 291 g/mol. The van der Waals surface area contributed by atoms with Gasteiger partial charge < -0.3 is 9.88 Å². The van der Waals surface area contributed by atoms with Crippen molar-refractivity contribution < 1.29 is 0 Å². The molecule has 0 unspecified atom stereocenters. The molecule has 1 saturated heterocycles. The molecular formula is C18H17N3O. The fraction of sp³-hybridized carbons (Fsp3) is 0.222. The second-order valence-corrected chi connectivity index (χ2v) is 5.67. The van der Waals surface area contributed by atoms with Crippen LogP contribution in [0.25, 0.3) is 22.3 Å². The van der Waals surface area contributed by atoms with Crippen molar-refractivity contribution in [1.82, 2.24) is 9.97 Å². The summed E-state index contributed by atoms with van der Waals surface area (Å²) in [5.74, 6) is 0.622. The van der Waals surface area contributed by atoms with E-state index in [4.69, 9.17) is 0 Å². The van der Waals surface area contributed by atoms with E-state index in [1.807, 2.05) is 30.3 Å². The molecule has 2 aromatic carbocycles. The molecule has 110 valence electrons. The maximum atomic E-state index is 12.1. The number of nitrogens with one attached hydrogen (secondary N) is 1. The summed E-state index contributed by atoms with van der Waals surface area (Å²) in [5, 5.41) is 0.625. The first-order valence-corrected chi connectivity index (χ1v) is 7.66. The van der Waals surface area contributed by atoms with Gasteiger partial charge >= 0.3 is 0 Å². The highest BCUT2D eigenvalue weighted by molar-refractivity contribution is 5.79. The number of para-hydroxylation sites is 1. The lowest BCUT2D eigenvalue weighted by molar-refractivity contribution is 0.949. The molecule has 0 atom stereocenters. The molecule has 3 aromatic rings. The minimum absolute atomic E-state index is 0.0933. The number of aromatic nitrogens is 2. The van der Waals surface area contributed by atoms with E-state index in [1.165, 1.54) is 18.5 Å². The molecule has 4 heteroatoms. The second kappa shape index (κ2) is 5.30. The van der Waals surface area contributed by atoms with Gasteiger partial charge in [-0.3, -0.25) is 4.79 Å². The number of anilines is 1. The second-order valence-electron chi connectivity index (χ2n) is 5.67. The Labute approximate surface area is 128 Å². The van der Waals surface area contributed by atoms with Gasteiger partial charge in [-0.05, 0) is 49.2 Å². The van der Waals surface area contributed by atoms with E-state index in [1.54, 1.807) is 6.07 Å². The van der Waals surface area contributed by atoms with Crippen molar-refractivity contribution in [2.45, 2.75) is 12.8 Å². The Balaban J connectivity index is 1.73. The zero-order valence-corrected chi connectivity index (χ0v) is 12.2. The molecule has 1 fully saturated rings. The van der Waals surface area contributed by atoms with Gasteiger partial charge in [-0.2, -0.15) is 0 Å². The summed E-state index contributed by atoms with van der Waals surface area (Å²) in [6.07, 6.45) is 2.53. The van der Waals surface area contributed by atoms with Crippen LogP contribution < -0.4 is 10.5 Å². The molecule has 1 aliphatic rings. The quantitative estimate of drug-likeness (QED) is 0.789. The Morgan fingerprint density at radius 3 is 2.45 bits per heavy atom. The third kappa shape index (κ3) is 2.26. The van der Waals surface area contributed by atoms with Crippen LogP contribution in [-0.2, 0) is 0 Å². The average molecular weight is 291 g/mol. The fourth-order valence-corrected chi connectivity index (χ4v) is 3.03. The van der Waals surface area contributed by atoms with Crippen molar-refractivity contribution in [3.63, 3.8) is 0 Å². The van der Waals surface area contributed by atoms with Crippen LogP contribution in [0.4, 0.5) is 5.69 Å². The summed E-state index contributed by atoms with van der Waals surface area (Å²) < 4.78 is 0. The molecule has 0 bridgehead atoms. The van der Waals surface area contributed by atoms with Gasteiger partial charge in [0, 0.05) is 24.3 Å². The Hall–Kier alpha value is -2.62. The lowest BCUT2D eigenvalue weighted by Gasteiger charge is -2.17. The molecule has 2 heterocycles. The zero-order valence-electron chi connectivity index (χ0n) is 12.2. The van der Waals surface area contributed by atoms with E-state index < -0.39 is 0 Å². The first-order valence-electron chi connectivity index (χ1n) is 7.66. The van der Waals surface area contributed by atoms with Crippen molar-refractivity contribution in [1.29, 1.82) is 0 Å². The molecule has 4 nitrogen and oxygen atoms in total. The maximum Gasteiger partial charge on any atom is 0.259 e. The van der Waals surface area contributed by atoms with Gasteiger partial charge in [0.25, 0.3) is 5.56 Å². The first kappa shape index (κ1) is 13.1. The zero-order chi connectivity index (χ0) is 14.9. The van der Waals surface area contributed by atoms with Crippen LogP contribution in [0.5, 0.6) is 0 Å². The van der Waals surface area contributed by atoms with E-state index in [-0.39, 0.29) is 5.56 Å². The summed E-state index contributed by atoms with van der Waals surface area (Å²) in [6, 6.07) is 15.7. The third-order valence-electron chi connectivity index (χ3n) is 4.22. The number of rotatable bonds is 2. The highest BCUT2D eigenvalue weighted by atomic mass is 16.1. The number of H-pyrrole nitrogens is 1. The largest absolute Gasteiger partial charge is 0.372 e. The maximum absolute atomic E-state index is 12.1. The van der Waals surface area contributed by atoms with Crippen molar-refractivity contribution in [3.8, 4) is 11.4 Å². The van der Waals surface area contributed by atoms with Crippen molar-refractivity contribution in [2.24, 2.45) is 0 Å². The lowest BCUT2D eigenvalue weighted by atomic mass is 10.1. The molecule has 1 N–H and O–H groups in total. The molecule has 1 aromatic heterocycles. The Bertz CT molecular complexity index is 861. The summed E-state index contributed by atoms with van der Waals surface area (Å²) in [7, 11) is 0. The number of aromatic amines is 1. The Kier molecular flexibility index (Phi) is 3.15. The van der Waals surface area contributed by atoms with Crippen LogP contribution in [0.3, 0.4) is 0 Å². The molecule has 4 rings (SSSR count). The van der Waals surface area contributed by atoms with E-state index in [9.17, 15) is 4.79 Å².